The first-order valence-corrected chi connectivity index (χ1v) is 6.40. The zero-order chi connectivity index (χ0) is 12.3. The number of benzene rings is 1. The van der Waals surface area contributed by atoms with Gasteiger partial charge in [0.15, 0.2) is 0 Å². The number of nitrogens with two attached hydrogens (primary N) is 1. The Morgan fingerprint density at radius 3 is 2.59 bits per heavy atom. The van der Waals surface area contributed by atoms with Crippen LogP contribution in [0.25, 0.3) is 0 Å². The standard InChI is InChI=1S/C9H12ClFN2O2S.ClH/c1-6(5-12)13-16(14,15)9-3-2-7(10)4-8(9)11;/h2-4,6,13H,5,12H2,1H3;1H/t6-;/m1./s1. The van der Waals surface area contributed by atoms with E-state index in [1.807, 2.05) is 0 Å². The Kier molecular flexibility index (Phi) is 6.36. The molecule has 0 fully saturated rings. The highest BCUT2D eigenvalue weighted by Crippen LogP contribution is 2.18. The van der Waals surface area contributed by atoms with E-state index in [4.69, 9.17) is 17.3 Å². The number of hydrogen-bond donors (Lipinski definition) is 2. The SMILES string of the molecule is C[C@H](CN)NS(=O)(=O)c1ccc(Cl)cc1F.Cl. The van der Waals surface area contributed by atoms with Crippen LogP contribution in [0.1, 0.15) is 6.92 Å². The molecule has 98 valence electrons. The van der Waals surface area contributed by atoms with Crippen molar-refractivity contribution in [3.05, 3.63) is 29.0 Å². The number of hydrogen-bond acceptors (Lipinski definition) is 3. The molecule has 3 N–H and O–H groups in total. The Morgan fingerprint density at radius 2 is 2.12 bits per heavy atom. The van der Waals surface area contributed by atoms with Crippen LogP contribution in [-0.2, 0) is 10.0 Å². The van der Waals surface area contributed by atoms with Crippen molar-refractivity contribution in [2.24, 2.45) is 5.73 Å². The van der Waals surface area contributed by atoms with Gasteiger partial charge in [0, 0.05) is 17.6 Å². The first-order chi connectivity index (χ1) is 7.36. The predicted octanol–water partition coefficient (Wildman–Crippen LogP) is 1.53. The van der Waals surface area contributed by atoms with Crippen molar-refractivity contribution in [1.82, 2.24) is 4.72 Å². The lowest BCUT2D eigenvalue weighted by molar-refractivity contribution is 0.544. The highest BCUT2D eigenvalue weighted by Gasteiger charge is 2.20. The summed E-state index contributed by atoms with van der Waals surface area (Å²) in [5, 5.41) is 0.142. The molecule has 0 saturated heterocycles. The topological polar surface area (TPSA) is 72.2 Å². The molecule has 0 radical (unpaired) electrons. The van der Waals surface area contributed by atoms with E-state index < -0.39 is 26.8 Å². The molecule has 0 unspecified atom stereocenters. The smallest absolute Gasteiger partial charge is 0.243 e. The van der Waals surface area contributed by atoms with E-state index in [2.05, 4.69) is 4.72 Å². The monoisotopic (exact) mass is 302 g/mol. The van der Waals surface area contributed by atoms with Gasteiger partial charge in [0.2, 0.25) is 10.0 Å². The first kappa shape index (κ1) is 16.6. The van der Waals surface area contributed by atoms with E-state index in [9.17, 15) is 12.8 Å². The number of halogens is 3. The molecule has 0 heterocycles. The molecular formula is C9H13Cl2FN2O2S. The molecule has 0 aliphatic rings. The molecular weight excluding hydrogens is 290 g/mol. The number of sulfonamides is 1. The van der Waals surface area contributed by atoms with Crippen molar-refractivity contribution in [2.45, 2.75) is 17.9 Å². The maximum Gasteiger partial charge on any atom is 0.243 e. The lowest BCUT2D eigenvalue weighted by atomic mass is 10.3. The molecule has 0 amide bonds. The summed E-state index contributed by atoms with van der Waals surface area (Å²) in [4.78, 5) is -0.433. The maximum atomic E-state index is 13.4. The van der Waals surface area contributed by atoms with Gasteiger partial charge < -0.3 is 5.73 Å². The Morgan fingerprint density at radius 1 is 1.53 bits per heavy atom. The fourth-order valence-electron chi connectivity index (χ4n) is 1.07. The summed E-state index contributed by atoms with van der Waals surface area (Å²) < 4.78 is 39.0. The van der Waals surface area contributed by atoms with Crippen LogP contribution >= 0.6 is 24.0 Å². The van der Waals surface area contributed by atoms with Crippen LogP contribution in [0.15, 0.2) is 23.1 Å². The zero-order valence-corrected chi connectivity index (χ0v) is 11.4. The molecule has 4 nitrogen and oxygen atoms in total. The summed E-state index contributed by atoms with van der Waals surface area (Å²) in [5.41, 5.74) is 5.28. The molecule has 17 heavy (non-hydrogen) atoms. The van der Waals surface area contributed by atoms with Crippen molar-refractivity contribution < 1.29 is 12.8 Å². The minimum Gasteiger partial charge on any atom is -0.329 e. The van der Waals surface area contributed by atoms with Crippen molar-refractivity contribution in [3.8, 4) is 0 Å². The Balaban J connectivity index is 0.00000256. The van der Waals surface area contributed by atoms with Crippen LogP contribution in [0.3, 0.4) is 0 Å². The van der Waals surface area contributed by atoms with Crippen LogP contribution in [0.2, 0.25) is 5.02 Å². The summed E-state index contributed by atoms with van der Waals surface area (Å²) in [6.07, 6.45) is 0. The minimum absolute atomic E-state index is 0. The van der Waals surface area contributed by atoms with Crippen LogP contribution in [0.4, 0.5) is 4.39 Å². The predicted molar refractivity (Wildman–Crippen MR) is 67.5 cm³/mol. The largest absolute Gasteiger partial charge is 0.329 e. The van der Waals surface area contributed by atoms with Crippen LogP contribution in [0, 0.1) is 5.82 Å². The third-order valence-corrected chi connectivity index (χ3v) is 3.75. The van der Waals surface area contributed by atoms with Gasteiger partial charge in [0.1, 0.15) is 10.7 Å². The first-order valence-electron chi connectivity index (χ1n) is 4.54. The fourth-order valence-corrected chi connectivity index (χ4v) is 2.54. The third-order valence-electron chi connectivity index (χ3n) is 1.89. The van der Waals surface area contributed by atoms with E-state index in [0.717, 1.165) is 12.1 Å². The average Bonchev–Trinajstić information content (AvgIpc) is 2.16. The lowest BCUT2D eigenvalue weighted by Gasteiger charge is -2.12. The van der Waals surface area contributed by atoms with E-state index in [1.54, 1.807) is 6.92 Å². The molecule has 1 atom stereocenters. The summed E-state index contributed by atoms with van der Waals surface area (Å²) in [7, 11) is -3.88. The number of rotatable bonds is 4. The Hall–Kier alpha value is -0.400. The molecule has 0 aliphatic heterocycles. The van der Waals surface area contributed by atoms with E-state index in [1.165, 1.54) is 6.07 Å². The molecule has 0 aromatic heterocycles. The normalized spacial score (nSPS) is 12.9. The lowest BCUT2D eigenvalue weighted by Crippen LogP contribution is -2.38. The van der Waals surface area contributed by atoms with Gasteiger partial charge in [-0.05, 0) is 25.1 Å². The minimum atomic E-state index is -3.88. The maximum absolute atomic E-state index is 13.4. The van der Waals surface area contributed by atoms with E-state index in [-0.39, 0.29) is 24.0 Å². The molecule has 0 aliphatic carbocycles. The van der Waals surface area contributed by atoms with Gasteiger partial charge in [-0.25, -0.2) is 17.5 Å². The molecule has 0 spiro atoms. The quantitative estimate of drug-likeness (QED) is 0.886. The summed E-state index contributed by atoms with van der Waals surface area (Å²) in [6.45, 7) is 1.72. The average molecular weight is 303 g/mol. The Labute approximate surface area is 111 Å². The van der Waals surface area contributed by atoms with Crippen LogP contribution in [-0.4, -0.2) is 21.0 Å². The van der Waals surface area contributed by atoms with Crippen LogP contribution < -0.4 is 10.5 Å². The van der Waals surface area contributed by atoms with Gasteiger partial charge in [0.25, 0.3) is 0 Å². The number of nitrogens with one attached hydrogen (secondary N) is 1. The van der Waals surface area contributed by atoms with E-state index in [0.29, 0.717) is 0 Å². The molecule has 0 saturated carbocycles. The summed E-state index contributed by atoms with van der Waals surface area (Å²) in [5.74, 6) is -0.885. The summed E-state index contributed by atoms with van der Waals surface area (Å²) in [6, 6.07) is 2.92. The van der Waals surface area contributed by atoms with E-state index >= 15 is 0 Å². The summed E-state index contributed by atoms with van der Waals surface area (Å²) >= 11 is 5.52. The van der Waals surface area contributed by atoms with Crippen LogP contribution in [0.5, 0.6) is 0 Å². The zero-order valence-electron chi connectivity index (χ0n) is 8.98. The van der Waals surface area contributed by atoms with Crippen molar-refractivity contribution in [3.63, 3.8) is 0 Å². The Bertz CT molecular complexity index is 482. The molecule has 1 aromatic carbocycles. The highest BCUT2D eigenvalue weighted by molar-refractivity contribution is 7.89. The third kappa shape index (κ3) is 4.40. The van der Waals surface area contributed by atoms with Gasteiger partial charge in [-0.2, -0.15) is 0 Å². The molecule has 0 bridgehead atoms. The van der Waals surface area contributed by atoms with Gasteiger partial charge in [0.05, 0.1) is 0 Å². The van der Waals surface area contributed by atoms with Gasteiger partial charge in [-0.15, -0.1) is 12.4 Å². The fraction of sp³-hybridized carbons (Fsp3) is 0.333. The van der Waals surface area contributed by atoms with Crippen molar-refractivity contribution >= 4 is 34.0 Å². The molecule has 1 rings (SSSR count). The van der Waals surface area contributed by atoms with Gasteiger partial charge in [-0.3, -0.25) is 0 Å². The van der Waals surface area contributed by atoms with Crippen molar-refractivity contribution in [1.29, 1.82) is 0 Å². The van der Waals surface area contributed by atoms with Gasteiger partial charge >= 0.3 is 0 Å². The van der Waals surface area contributed by atoms with Crippen molar-refractivity contribution in [2.75, 3.05) is 6.54 Å². The molecule has 1 aromatic rings. The van der Waals surface area contributed by atoms with Gasteiger partial charge in [-0.1, -0.05) is 11.6 Å². The molecule has 8 heteroatoms. The second-order valence-corrected chi connectivity index (χ2v) is 5.45. The second kappa shape index (κ2) is 6.51. The second-order valence-electron chi connectivity index (χ2n) is 3.33. The highest BCUT2D eigenvalue weighted by atomic mass is 35.5.